The zero-order valence-corrected chi connectivity index (χ0v) is 13.3. The summed E-state index contributed by atoms with van der Waals surface area (Å²) in [6.07, 6.45) is 16.1. The van der Waals surface area contributed by atoms with E-state index < -0.39 is 0 Å². The molecule has 0 aliphatic rings. The molecule has 19 heavy (non-hydrogen) atoms. The lowest BCUT2D eigenvalue weighted by Gasteiger charge is -2.02. The number of esters is 1. The van der Waals surface area contributed by atoms with E-state index in [2.05, 4.69) is 31.7 Å². The first-order valence-electron chi connectivity index (χ1n) is 7.72. The van der Waals surface area contributed by atoms with Gasteiger partial charge in [0.05, 0.1) is 0 Å². The molecule has 0 atom stereocenters. The first kappa shape index (κ1) is 18.6. The zero-order chi connectivity index (χ0) is 14.2. The van der Waals surface area contributed by atoms with E-state index in [1.807, 2.05) is 0 Å². The Labute approximate surface area is 124 Å². The molecule has 0 rings (SSSR count). The minimum Gasteiger partial charge on any atom is -0.465 e. The highest BCUT2D eigenvalue weighted by atomic mass is 32.1. The molecule has 0 N–H and O–H groups in total. The van der Waals surface area contributed by atoms with E-state index in [1.165, 1.54) is 38.5 Å². The van der Waals surface area contributed by atoms with Gasteiger partial charge in [0.15, 0.2) is 0 Å². The Kier molecular flexibility index (Phi) is 15.3. The van der Waals surface area contributed by atoms with Crippen molar-refractivity contribution in [1.82, 2.24) is 0 Å². The third-order valence-electron chi connectivity index (χ3n) is 3.00. The lowest BCUT2D eigenvalue weighted by atomic mass is 10.1. The smallest absolute Gasteiger partial charge is 0.305 e. The molecule has 0 aromatic carbocycles. The summed E-state index contributed by atoms with van der Waals surface area (Å²) < 4.78 is 4.95. The summed E-state index contributed by atoms with van der Waals surface area (Å²) >= 11 is 3.99. The van der Waals surface area contributed by atoms with Crippen LogP contribution in [0.1, 0.15) is 71.1 Å². The summed E-state index contributed by atoms with van der Waals surface area (Å²) in [5.74, 6) is 0.523. The number of hydrogen-bond acceptors (Lipinski definition) is 3. The van der Waals surface area contributed by atoms with E-state index in [4.69, 9.17) is 4.74 Å². The van der Waals surface area contributed by atoms with Crippen LogP contribution in [0, 0.1) is 0 Å². The van der Waals surface area contributed by atoms with Crippen LogP contribution in [0.5, 0.6) is 0 Å². The number of ether oxygens (including phenoxy) is 1. The van der Waals surface area contributed by atoms with Gasteiger partial charge in [-0.15, -0.1) is 0 Å². The van der Waals surface area contributed by atoms with Crippen molar-refractivity contribution in [2.75, 3.05) is 12.4 Å². The minimum atomic E-state index is -0.0829. The van der Waals surface area contributed by atoms with E-state index in [0.29, 0.717) is 18.8 Å². The van der Waals surface area contributed by atoms with Crippen LogP contribution in [0.25, 0.3) is 0 Å². The Hall–Kier alpha value is -0.440. The standard InChI is InChI=1S/C16H30O2S/c1-2-3-4-5-6-7-8-9-10-11-12-13-16(17)18-14-15-19/h7-8,19H,2-6,9-15H2,1H3/b8-7+. The lowest BCUT2D eigenvalue weighted by molar-refractivity contribution is -0.143. The molecule has 0 amide bonds. The molecule has 0 unspecified atom stereocenters. The molecule has 0 heterocycles. The fourth-order valence-electron chi connectivity index (χ4n) is 1.86. The summed E-state index contributed by atoms with van der Waals surface area (Å²) in [5, 5.41) is 0. The van der Waals surface area contributed by atoms with Gasteiger partial charge in [-0.25, -0.2) is 0 Å². The van der Waals surface area contributed by atoms with Crippen molar-refractivity contribution < 1.29 is 9.53 Å². The van der Waals surface area contributed by atoms with Crippen LogP contribution >= 0.6 is 12.6 Å². The number of rotatable bonds is 13. The van der Waals surface area contributed by atoms with E-state index in [0.717, 1.165) is 19.3 Å². The molecule has 2 nitrogen and oxygen atoms in total. The molecule has 0 saturated carbocycles. The van der Waals surface area contributed by atoms with Gasteiger partial charge in [0.25, 0.3) is 0 Å². The normalized spacial score (nSPS) is 11.1. The molecule has 0 aliphatic heterocycles. The van der Waals surface area contributed by atoms with Crippen molar-refractivity contribution in [3.05, 3.63) is 12.2 Å². The SMILES string of the molecule is CCCCCC/C=C/CCCCCC(=O)OCCS. The van der Waals surface area contributed by atoms with Crippen molar-refractivity contribution in [1.29, 1.82) is 0 Å². The van der Waals surface area contributed by atoms with Crippen molar-refractivity contribution >= 4 is 18.6 Å². The van der Waals surface area contributed by atoms with Gasteiger partial charge in [0.1, 0.15) is 6.61 Å². The average Bonchev–Trinajstić information content (AvgIpc) is 2.42. The molecule has 112 valence electrons. The van der Waals surface area contributed by atoms with Crippen molar-refractivity contribution in [3.63, 3.8) is 0 Å². The molecular weight excluding hydrogens is 256 g/mol. The number of unbranched alkanes of at least 4 members (excludes halogenated alkanes) is 7. The van der Waals surface area contributed by atoms with E-state index in [1.54, 1.807) is 0 Å². The summed E-state index contributed by atoms with van der Waals surface area (Å²) in [7, 11) is 0. The predicted octanol–water partition coefficient (Wildman–Crippen LogP) is 4.94. The van der Waals surface area contributed by atoms with Crippen molar-refractivity contribution in [2.45, 2.75) is 71.1 Å². The van der Waals surface area contributed by atoms with Crippen LogP contribution in [-0.2, 0) is 9.53 Å². The lowest BCUT2D eigenvalue weighted by Crippen LogP contribution is -2.06. The second-order valence-electron chi connectivity index (χ2n) is 4.86. The zero-order valence-electron chi connectivity index (χ0n) is 12.4. The third-order valence-corrected chi connectivity index (χ3v) is 3.18. The maximum atomic E-state index is 11.2. The molecule has 0 spiro atoms. The Morgan fingerprint density at radius 2 is 1.63 bits per heavy atom. The molecule has 0 aromatic rings. The largest absolute Gasteiger partial charge is 0.465 e. The Morgan fingerprint density at radius 3 is 2.21 bits per heavy atom. The van der Waals surface area contributed by atoms with Gasteiger partial charge in [-0.3, -0.25) is 4.79 Å². The number of carbonyl (C=O) groups is 1. The molecule has 0 fully saturated rings. The van der Waals surface area contributed by atoms with Crippen LogP contribution in [0.2, 0.25) is 0 Å². The number of thiol groups is 1. The second kappa shape index (κ2) is 15.6. The maximum Gasteiger partial charge on any atom is 0.305 e. The second-order valence-corrected chi connectivity index (χ2v) is 5.31. The maximum absolute atomic E-state index is 11.2. The molecule has 0 aromatic heterocycles. The highest BCUT2D eigenvalue weighted by molar-refractivity contribution is 7.80. The first-order chi connectivity index (χ1) is 9.31. The van der Waals surface area contributed by atoms with Crippen molar-refractivity contribution in [3.8, 4) is 0 Å². The van der Waals surface area contributed by atoms with Gasteiger partial charge in [-0.05, 0) is 32.1 Å². The van der Waals surface area contributed by atoms with Crippen LogP contribution in [0.3, 0.4) is 0 Å². The van der Waals surface area contributed by atoms with Crippen LogP contribution in [0.4, 0.5) is 0 Å². The quantitative estimate of drug-likeness (QED) is 0.225. The van der Waals surface area contributed by atoms with Gasteiger partial charge < -0.3 is 4.74 Å². The van der Waals surface area contributed by atoms with Gasteiger partial charge in [-0.2, -0.15) is 12.6 Å². The monoisotopic (exact) mass is 286 g/mol. The fourth-order valence-corrected chi connectivity index (χ4v) is 1.96. The number of hydrogen-bond donors (Lipinski definition) is 1. The van der Waals surface area contributed by atoms with Crippen LogP contribution < -0.4 is 0 Å². The van der Waals surface area contributed by atoms with Gasteiger partial charge in [-0.1, -0.05) is 44.8 Å². The van der Waals surface area contributed by atoms with Crippen molar-refractivity contribution in [2.24, 2.45) is 0 Å². The predicted molar refractivity (Wildman–Crippen MR) is 85.8 cm³/mol. The van der Waals surface area contributed by atoms with E-state index in [9.17, 15) is 4.79 Å². The third kappa shape index (κ3) is 15.5. The summed E-state index contributed by atoms with van der Waals surface area (Å²) in [6, 6.07) is 0. The molecule has 0 saturated heterocycles. The van der Waals surface area contributed by atoms with Crippen LogP contribution in [0.15, 0.2) is 12.2 Å². The summed E-state index contributed by atoms with van der Waals surface area (Å²) in [6.45, 7) is 2.67. The molecule has 0 radical (unpaired) electrons. The van der Waals surface area contributed by atoms with E-state index >= 15 is 0 Å². The fraction of sp³-hybridized carbons (Fsp3) is 0.812. The minimum absolute atomic E-state index is 0.0829. The summed E-state index contributed by atoms with van der Waals surface area (Å²) in [4.78, 5) is 11.2. The van der Waals surface area contributed by atoms with E-state index in [-0.39, 0.29) is 5.97 Å². The highest BCUT2D eigenvalue weighted by Gasteiger charge is 2.00. The number of allylic oxidation sites excluding steroid dienone is 2. The Balaban J connectivity index is 3.17. The molecule has 0 aliphatic carbocycles. The Morgan fingerprint density at radius 1 is 1.00 bits per heavy atom. The molecule has 0 bridgehead atoms. The number of carbonyl (C=O) groups excluding carboxylic acids is 1. The Bertz CT molecular complexity index is 227. The topological polar surface area (TPSA) is 26.3 Å². The van der Waals surface area contributed by atoms with Gasteiger partial charge >= 0.3 is 5.97 Å². The van der Waals surface area contributed by atoms with Crippen LogP contribution in [-0.4, -0.2) is 18.3 Å². The average molecular weight is 286 g/mol. The summed E-state index contributed by atoms with van der Waals surface area (Å²) in [5.41, 5.74) is 0. The van der Waals surface area contributed by atoms with Gasteiger partial charge in [0, 0.05) is 12.2 Å². The first-order valence-corrected chi connectivity index (χ1v) is 8.36. The highest BCUT2D eigenvalue weighted by Crippen LogP contribution is 2.07. The molecule has 3 heteroatoms. The molecular formula is C16H30O2S. The van der Waals surface area contributed by atoms with Gasteiger partial charge in [0.2, 0.25) is 0 Å².